The predicted molar refractivity (Wildman–Crippen MR) is 76.8 cm³/mol. The zero-order valence-corrected chi connectivity index (χ0v) is 11.8. The standard InChI is InChI=1S/C13H15BrN2S/c14-12-3-1-2-11(8-12)13(16-15)5-4-10-6-7-17-9-10/h1-3,6-9,13,16H,4-5,15H2. The molecule has 2 aromatic rings. The smallest absolute Gasteiger partial charge is 0.0463 e. The molecule has 0 saturated heterocycles. The number of thiophene rings is 1. The van der Waals surface area contributed by atoms with Gasteiger partial charge in [-0.25, -0.2) is 0 Å². The highest BCUT2D eigenvalue weighted by molar-refractivity contribution is 9.10. The summed E-state index contributed by atoms with van der Waals surface area (Å²) in [7, 11) is 0. The van der Waals surface area contributed by atoms with Crippen LogP contribution in [-0.2, 0) is 6.42 Å². The van der Waals surface area contributed by atoms with E-state index in [4.69, 9.17) is 5.84 Å². The quantitative estimate of drug-likeness (QED) is 0.653. The highest BCUT2D eigenvalue weighted by atomic mass is 79.9. The third-order valence-electron chi connectivity index (χ3n) is 2.75. The Hall–Kier alpha value is -0.680. The maximum Gasteiger partial charge on any atom is 0.0463 e. The largest absolute Gasteiger partial charge is 0.271 e. The van der Waals surface area contributed by atoms with Crippen molar-refractivity contribution in [2.24, 2.45) is 5.84 Å². The fourth-order valence-electron chi connectivity index (χ4n) is 1.82. The van der Waals surface area contributed by atoms with Crippen LogP contribution in [0, 0.1) is 0 Å². The number of nitrogens with one attached hydrogen (secondary N) is 1. The Bertz CT molecular complexity index is 456. The third-order valence-corrected chi connectivity index (χ3v) is 3.98. The highest BCUT2D eigenvalue weighted by Gasteiger charge is 2.09. The minimum absolute atomic E-state index is 0.201. The number of benzene rings is 1. The predicted octanol–water partition coefficient (Wildman–Crippen LogP) is 3.65. The average Bonchev–Trinajstić information content (AvgIpc) is 2.83. The Labute approximate surface area is 114 Å². The monoisotopic (exact) mass is 310 g/mol. The van der Waals surface area contributed by atoms with Gasteiger partial charge in [0.25, 0.3) is 0 Å². The molecular weight excluding hydrogens is 296 g/mol. The summed E-state index contributed by atoms with van der Waals surface area (Å²) in [4.78, 5) is 0. The van der Waals surface area contributed by atoms with Gasteiger partial charge in [0.2, 0.25) is 0 Å². The van der Waals surface area contributed by atoms with E-state index in [2.05, 4.69) is 50.3 Å². The summed E-state index contributed by atoms with van der Waals surface area (Å²) in [5.74, 6) is 5.63. The van der Waals surface area contributed by atoms with Gasteiger partial charge in [0.1, 0.15) is 0 Å². The van der Waals surface area contributed by atoms with Gasteiger partial charge in [-0.15, -0.1) is 0 Å². The van der Waals surface area contributed by atoms with Crippen molar-refractivity contribution in [3.05, 3.63) is 56.7 Å². The lowest BCUT2D eigenvalue weighted by molar-refractivity contribution is 0.516. The van der Waals surface area contributed by atoms with E-state index in [1.165, 1.54) is 11.1 Å². The molecule has 0 radical (unpaired) electrons. The molecule has 2 nitrogen and oxygen atoms in total. The molecule has 1 heterocycles. The summed E-state index contributed by atoms with van der Waals surface area (Å²) in [5.41, 5.74) is 5.49. The Kier molecular flexibility index (Phi) is 4.74. The number of nitrogens with two attached hydrogens (primary N) is 1. The molecule has 0 aliphatic heterocycles. The van der Waals surface area contributed by atoms with Crippen molar-refractivity contribution in [2.75, 3.05) is 0 Å². The second-order valence-electron chi connectivity index (χ2n) is 3.94. The molecule has 2 rings (SSSR count). The molecule has 0 amide bonds. The first-order valence-corrected chi connectivity index (χ1v) is 7.26. The molecule has 4 heteroatoms. The first-order valence-electron chi connectivity index (χ1n) is 5.52. The summed E-state index contributed by atoms with van der Waals surface area (Å²) in [6.45, 7) is 0. The summed E-state index contributed by atoms with van der Waals surface area (Å²) in [5, 5.41) is 4.30. The maximum atomic E-state index is 5.63. The van der Waals surface area contributed by atoms with Crippen LogP contribution in [0.3, 0.4) is 0 Å². The van der Waals surface area contributed by atoms with Gasteiger partial charge in [-0.2, -0.15) is 11.3 Å². The molecule has 0 spiro atoms. The number of hydrazine groups is 1. The minimum Gasteiger partial charge on any atom is -0.271 e. The van der Waals surface area contributed by atoms with Crippen LogP contribution in [0.1, 0.15) is 23.6 Å². The normalized spacial score (nSPS) is 12.6. The fourth-order valence-corrected chi connectivity index (χ4v) is 2.94. The van der Waals surface area contributed by atoms with Gasteiger partial charge in [0, 0.05) is 10.5 Å². The van der Waals surface area contributed by atoms with Crippen molar-refractivity contribution < 1.29 is 0 Å². The lowest BCUT2D eigenvalue weighted by atomic mass is 10.0. The van der Waals surface area contributed by atoms with Crippen molar-refractivity contribution in [3.63, 3.8) is 0 Å². The number of aryl methyl sites for hydroxylation is 1. The second kappa shape index (κ2) is 6.31. The zero-order valence-electron chi connectivity index (χ0n) is 9.40. The van der Waals surface area contributed by atoms with E-state index in [0.29, 0.717) is 0 Å². The lowest BCUT2D eigenvalue weighted by Crippen LogP contribution is -2.28. The van der Waals surface area contributed by atoms with Crippen molar-refractivity contribution in [3.8, 4) is 0 Å². The van der Waals surface area contributed by atoms with Gasteiger partial charge < -0.3 is 0 Å². The van der Waals surface area contributed by atoms with E-state index in [1.54, 1.807) is 11.3 Å². The van der Waals surface area contributed by atoms with Crippen molar-refractivity contribution in [1.29, 1.82) is 0 Å². The van der Waals surface area contributed by atoms with Crippen LogP contribution >= 0.6 is 27.3 Å². The molecule has 1 aromatic carbocycles. The Morgan fingerprint density at radius 3 is 2.88 bits per heavy atom. The summed E-state index contributed by atoms with van der Waals surface area (Å²) >= 11 is 5.22. The van der Waals surface area contributed by atoms with Gasteiger partial charge in [0.05, 0.1) is 0 Å². The lowest BCUT2D eigenvalue weighted by Gasteiger charge is -2.16. The molecule has 0 saturated carbocycles. The molecular formula is C13H15BrN2S. The van der Waals surface area contributed by atoms with Gasteiger partial charge in [-0.05, 0) is 52.9 Å². The van der Waals surface area contributed by atoms with E-state index < -0.39 is 0 Å². The van der Waals surface area contributed by atoms with E-state index in [1.807, 2.05) is 12.1 Å². The van der Waals surface area contributed by atoms with Gasteiger partial charge in [0.15, 0.2) is 0 Å². The first-order chi connectivity index (χ1) is 8.29. The van der Waals surface area contributed by atoms with Gasteiger partial charge in [-0.3, -0.25) is 11.3 Å². The number of hydrogen-bond donors (Lipinski definition) is 2. The summed E-state index contributed by atoms with van der Waals surface area (Å²) < 4.78 is 1.09. The van der Waals surface area contributed by atoms with Gasteiger partial charge in [-0.1, -0.05) is 28.1 Å². The highest BCUT2D eigenvalue weighted by Crippen LogP contribution is 2.22. The Morgan fingerprint density at radius 2 is 2.24 bits per heavy atom. The zero-order chi connectivity index (χ0) is 12.1. The minimum atomic E-state index is 0.201. The van der Waals surface area contributed by atoms with E-state index in [-0.39, 0.29) is 6.04 Å². The van der Waals surface area contributed by atoms with E-state index in [0.717, 1.165) is 17.3 Å². The van der Waals surface area contributed by atoms with Crippen LogP contribution in [-0.4, -0.2) is 0 Å². The fraction of sp³-hybridized carbons (Fsp3) is 0.231. The van der Waals surface area contributed by atoms with Crippen molar-refractivity contribution in [2.45, 2.75) is 18.9 Å². The van der Waals surface area contributed by atoms with Crippen LogP contribution in [0.2, 0.25) is 0 Å². The molecule has 3 N–H and O–H groups in total. The van der Waals surface area contributed by atoms with Crippen LogP contribution in [0.25, 0.3) is 0 Å². The Balaban J connectivity index is 2.01. The molecule has 1 atom stereocenters. The summed E-state index contributed by atoms with van der Waals surface area (Å²) in [6, 6.07) is 10.6. The van der Waals surface area contributed by atoms with Crippen LogP contribution < -0.4 is 11.3 Å². The molecule has 17 heavy (non-hydrogen) atoms. The molecule has 0 aliphatic carbocycles. The molecule has 0 fully saturated rings. The van der Waals surface area contributed by atoms with Crippen molar-refractivity contribution >= 4 is 27.3 Å². The van der Waals surface area contributed by atoms with E-state index >= 15 is 0 Å². The number of rotatable bonds is 5. The van der Waals surface area contributed by atoms with E-state index in [9.17, 15) is 0 Å². The second-order valence-corrected chi connectivity index (χ2v) is 5.64. The maximum absolute atomic E-state index is 5.63. The first kappa shape index (κ1) is 12.8. The molecule has 1 aromatic heterocycles. The third kappa shape index (κ3) is 3.64. The van der Waals surface area contributed by atoms with Crippen molar-refractivity contribution in [1.82, 2.24) is 5.43 Å². The average molecular weight is 311 g/mol. The topological polar surface area (TPSA) is 38.0 Å². The number of hydrogen-bond acceptors (Lipinski definition) is 3. The SMILES string of the molecule is NNC(CCc1ccsc1)c1cccc(Br)c1. The Morgan fingerprint density at radius 1 is 1.35 bits per heavy atom. The van der Waals surface area contributed by atoms with Crippen LogP contribution in [0.15, 0.2) is 45.6 Å². The number of halogens is 1. The molecule has 90 valence electrons. The van der Waals surface area contributed by atoms with Crippen LogP contribution in [0.5, 0.6) is 0 Å². The van der Waals surface area contributed by atoms with Crippen LogP contribution in [0.4, 0.5) is 0 Å². The molecule has 0 aliphatic rings. The van der Waals surface area contributed by atoms with Gasteiger partial charge >= 0.3 is 0 Å². The summed E-state index contributed by atoms with van der Waals surface area (Å²) in [6.07, 6.45) is 2.05. The molecule has 1 unspecified atom stereocenters. The molecule has 0 bridgehead atoms.